The van der Waals surface area contributed by atoms with Crippen molar-refractivity contribution in [1.82, 2.24) is 15.2 Å². The standard InChI is InChI=1S/C10H9FN4/c1-6-4-7(2-3-8(6)11)9-5-13-15-10(12)14-9/h2-5H,1H3,(H2,12,14,15). The highest BCUT2D eigenvalue weighted by atomic mass is 19.1. The van der Waals surface area contributed by atoms with Crippen LogP contribution in [-0.2, 0) is 0 Å². The molecule has 1 aromatic carbocycles. The van der Waals surface area contributed by atoms with E-state index in [1.165, 1.54) is 12.3 Å². The summed E-state index contributed by atoms with van der Waals surface area (Å²) in [7, 11) is 0. The lowest BCUT2D eigenvalue weighted by molar-refractivity contribution is 0.618. The topological polar surface area (TPSA) is 64.7 Å². The molecule has 1 heterocycles. The van der Waals surface area contributed by atoms with E-state index in [0.29, 0.717) is 11.3 Å². The van der Waals surface area contributed by atoms with Crippen LogP contribution in [0.2, 0.25) is 0 Å². The van der Waals surface area contributed by atoms with Crippen LogP contribution in [0.25, 0.3) is 11.3 Å². The van der Waals surface area contributed by atoms with Crippen LogP contribution in [0.5, 0.6) is 0 Å². The molecule has 0 unspecified atom stereocenters. The molecule has 76 valence electrons. The Kier molecular flexibility index (Phi) is 2.29. The number of nitrogens with zero attached hydrogens (tertiary/aromatic N) is 3. The maximum absolute atomic E-state index is 13.0. The number of aryl methyl sites for hydroxylation is 1. The first kappa shape index (κ1) is 9.51. The Morgan fingerprint density at radius 2 is 2.13 bits per heavy atom. The summed E-state index contributed by atoms with van der Waals surface area (Å²) in [6, 6.07) is 4.72. The molecule has 0 saturated heterocycles. The van der Waals surface area contributed by atoms with E-state index in [9.17, 15) is 4.39 Å². The highest BCUT2D eigenvalue weighted by Crippen LogP contribution is 2.19. The molecule has 0 radical (unpaired) electrons. The number of anilines is 1. The fourth-order valence-electron chi connectivity index (χ4n) is 1.26. The van der Waals surface area contributed by atoms with Gasteiger partial charge in [-0.1, -0.05) is 0 Å². The van der Waals surface area contributed by atoms with Crippen LogP contribution in [0.4, 0.5) is 10.3 Å². The van der Waals surface area contributed by atoms with Gasteiger partial charge >= 0.3 is 0 Å². The van der Waals surface area contributed by atoms with Crippen LogP contribution in [0.1, 0.15) is 5.56 Å². The van der Waals surface area contributed by atoms with Gasteiger partial charge in [0.2, 0.25) is 5.95 Å². The van der Waals surface area contributed by atoms with Gasteiger partial charge in [0, 0.05) is 5.56 Å². The molecule has 2 rings (SSSR count). The molecule has 0 fully saturated rings. The van der Waals surface area contributed by atoms with E-state index in [0.717, 1.165) is 5.56 Å². The van der Waals surface area contributed by atoms with E-state index < -0.39 is 0 Å². The third-order valence-electron chi connectivity index (χ3n) is 2.03. The zero-order valence-electron chi connectivity index (χ0n) is 8.11. The molecule has 15 heavy (non-hydrogen) atoms. The lowest BCUT2D eigenvalue weighted by Gasteiger charge is -2.02. The molecule has 0 aliphatic rings. The molecule has 0 aliphatic heterocycles. The molecule has 0 saturated carbocycles. The summed E-state index contributed by atoms with van der Waals surface area (Å²) in [5.74, 6) is -0.136. The average molecular weight is 204 g/mol. The van der Waals surface area contributed by atoms with Gasteiger partial charge in [0.1, 0.15) is 5.82 Å². The van der Waals surface area contributed by atoms with Gasteiger partial charge in [0.05, 0.1) is 11.9 Å². The Labute approximate surface area is 86.0 Å². The van der Waals surface area contributed by atoms with Crippen molar-refractivity contribution in [1.29, 1.82) is 0 Å². The predicted octanol–water partition coefficient (Wildman–Crippen LogP) is 1.57. The second-order valence-corrected chi connectivity index (χ2v) is 3.16. The van der Waals surface area contributed by atoms with E-state index in [2.05, 4.69) is 15.2 Å². The smallest absolute Gasteiger partial charge is 0.240 e. The summed E-state index contributed by atoms with van der Waals surface area (Å²) in [6.45, 7) is 1.69. The van der Waals surface area contributed by atoms with Gasteiger partial charge in [-0.05, 0) is 30.7 Å². The SMILES string of the molecule is Cc1cc(-c2cnnc(N)n2)ccc1F. The summed E-state index contributed by atoms with van der Waals surface area (Å²) in [6.07, 6.45) is 1.49. The third-order valence-corrected chi connectivity index (χ3v) is 2.03. The molecule has 2 N–H and O–H groups in total. The Balaban J connectivity index is 2.50. The minimum Gasteiger partial charge on any atom is -0.366 e. The number of benzene rings is 1. The van der Waals surface area contributed by atoms with Gasteiger partial charge in [-0.15, -0.1) is 5.10 Å². The maximum atomic E-state index is 13.0. The highest BCUT2D eigenvalue weighted by Gasteiger charge is 2.03. The third kappa shape index (κ3) is 1.90. The second kappa shape index (κ2) is 3.61. The van der Waals surface area contributed by atoms with Crippen LogP contribution in [0.15, 0.2) is 24.4 Å². The van der Waals surface area contributed by atoms with Crippen LogP contribution in [-0.4, -0.2) is 15.2 Å². The normalized spacial score (nSPS) is 10.3. The molecule has 0 aliphatic carbocycles. The summed E-state index contributed by atoms with van der Waals surface area (Å²) in [4.78, 5) is 4.00. The quantitative estimate of drug-likeness (QED) is 0.765. The lowest BCUT2D eigenvalue weighted by Crippen LogP contribution is -1.98. The fraction of sp³-hybridized carbons (Fsp3) is 0.100. The van der Waals surface area contributed by atoms with Gasteiger partial charge in [-0.2, -0.15) is 5.10 Å². The first-order valence-corrected chi connectivity index (χ1v) is 4.38. The monoisotopic (exact) mass is 204 g/mol. The summed E-state index contributed by atoms with van der Waals surface area (Å²) >= 11 is 0. The molecule has 0 atom stereocenters. The van der Waals surface area contributed by atoms with Crippen molar-refractivity contribution < 1.29 is 4.39 Å². The molecule has 2 aromatic rings. The van der Waals surface area contributed by atoms with E-state index in [1.54, 1.807) is 19.1 Å². The molecule has 1 aromatic heterocycles. The van der Waals surface area contributed by atoms with E-state index in [-0.39, 0.29) is 11.8 Å². The molecular formula is C10H9FN4. The van der Waals surface area contributed by atoms with Crippen molar-refractivity contribution >= 4 is 5.95 Å². The predicted molar refractivity (Wildman–Crippen MR) is 54.4 cm³/mol. The van der Waals surface area contributed by atoms with Gasteiger partial charge in [0.15, 0.2) is 0 Å². The highest BCUT2D eigenvalue weighted by molar-refractivity contribution is 5.59. The minimum atomic E-state index is -0.242. The second-order valence-electron chi connectivity index (χ2n) is 3.16. The number of hydrogen-bond acceptors (Lipinski definition) is 4. The minimum absolute atomic E-state index is 0.106. The maximum Gasteiger partial charge on any atom is 0.240 e. The largest absolute Gasteiger partial charge is 0.366 e. The number of halogens is 1. The molecular weight excluding hydrogens is 195 g/mol. The van der Waals surface area contributed by atoms with Crippen molar-refractivity contribution in [2.24, 2.45) is 0 Å². The van der Waals surface area contributed by atoms with Crippen molar-refractivity contribution in [3.63, 3.8) is 0 Å². The van der Waals surface area contributed by atoms with Crippen LogP contribution in [0.3, 0.4) is 0 Å². The van der Waals surface area contributed by atoms with Crippen molar-refractivity contribution in [3.8, 4) is 11.3 Å². The molecule has 0 spiro atoms. The van der Waals surface area contributed by atoms with E-state index >= 15 is 0 Å². The average Bonchev–Trinajstić information content (AvgIpc) is 2.22. The van der Waals surface area contributed by atoms with Crippen molar-refractivity contribution in [3.05, 3.63) is 35.8 Å². The first-order chi connectivity index (χ1) is 7.16. The van der Waals surface area contributed by atoms with Crippen LogP contribution < -0.4 is 5.73 Å². The van der Waals surface area contributed by atoms with Gasteiger partial charge in [0.25, 0.3) is 0 Å². The Bertz CT molecular complexity index is 499. The van der Waals surface area contributed by atoms with Crippen LogP contribution >= 0.6 is 0 Å². The number of aromatic nitrogens is 3. The molecule has 0 amide bonds. The number of rotatable bonds is 1. The zero-order chi connectivity index (χ0) is 10.8. The summed E-state index contributed by atoms with van der Waals surface area (Å²) in [5.41, 5.74) is 7.33. The van der Waals surface area contributed by atoms with E-state index in [1.807, 2.05) is 0 Å². The fourth-order valence-corrected chi connectivity index (χ4v) is 1.26. The lowest BCUT2D eigenvalue weighted by atomic mass is 10.1. The van der Waals surface area contributed by atoms with Crippen molar-refractivity contribution in [2.45, 2.75) is 6.92 Å². The Morgan fingerprint density at radius 1 is 1.33 bits per heavy atom. The van der Waals surface area contributed by atoms with E-state index in [4.69, 9.17) is 5.73 Å². The zero-order valence-corrected chi connectivity index (χ0v) is 8.11. The Morgan fingerprint density at radius 3 is 2.80 bits per heavy atom. The number of nitrogens with two attached hydrogens (primary N) is 1. The van der Waals surface area contributed by atoms with Gasteiger partial charge in [-0.25, -0.2) is 9.37 Å². The van der Waals surface area contributed by atoms with Gasteiger partial charge < -0.3 is 5.73 Å². The number of hydrogen-bond donors (Lipinski definition) is 1. The number of nitrogen functional groups attached to an aromatic ring is 1. The van der Waals surface area contributed by atoms with Crippen LogP contribution in [0, 0.1) is 12.7 Å². The molecule has 0 bridgehead atoms. The molecule has 5 heteroatoms. The van der Waals surface area contributed by atoms with Crippen molar-refractivity contribution in [2.75, 3.05) is 5.73 Å². The Hall–Kier alpha value is -2.04. The summed E-state index contributed by atoms with van der Waals surface area (Å²) < 4.78 is 13.0. The summed E-state index contributed by atoms with van der Waals surface area (Å²) in [5, 5.41) is 7.23. The molecule has 4 nitrogen and oxygen atoms in total. The first-order valence-electron chi connectivity index (χ1n) is 4.38. The van der Waals surface area contributed by atoms with Gasteiger partial charge in [-0.3, -0.25) is 0 Å².